The molecule has 2 rings (SSSR count). The second-order valence-corrected chi connectivity index (χ2v) is 7.52. The van der Waals surface area contributed by atoms with Crippen LogP contribution >= 0.6 is 38.9 Å². The Labute approximate surface area is 104 Å². The molecular formula is C7H4BrClN2O2S2. The molecule has 0 saturated carbocycles. The molecule has 4 nitrogen and oxygen atoms in total. The molecule has 0 aliphatic heterocycles. The number of aromatic nitrogens is 2. The average Bonchev–Trinajstić information content (AvgIpc) is 2.74. The lowest BCUT2D eigenvalue weighted by molar-refractivity contribution is 0.582. The van der Waals surface area contributed by atoms with Crippen molar-refractivity contribution in [3.05, 3.63) is 33.3 Å². The topological polar surface area (TPSA) is 52.0 Å². The van der Waals surface area contributed by atoms with Gasteiger partial charge in [0.25, 0.3) is 10.0 Å². The van der Waals surface area contributed by atoms with Crippen LogP contribution in [0.5, 0.6) is 0 Å². The average molecular weight is 328 g/mol. The fraction of sp³-hybridized carbons (Fsp3) is 0. The van der Waals surface area contributed by atoms with E-state index in [1.54, 1.807) is 6.07 Å². The third-order valence-corrected chi connectivity index (χ3v) is 5.41. The summed E-state index contributed by atoms with van der Waals surface area (Å²) in [7, 11) is -3.59. The van der Waals surface area contributed by atoms with E-state index in [0.29, 0.717) is 0 Å². The molecule has 0 unspecified atom stereocenters. The molecule has 0 aromatic carbocycles. The van der Waals surface area contributed by atoms with Crippen molar-refractivity contribution < 1.29 is 8.42 Å². The highest BCUT2D eigenvalue weighted by atomic mass is 79.9. The van der Waals surface area contributed by atoms with E-state index in [2.05, 4.69) is 21.0 Å². The van der Waals surface area contributed by atoms with Crippen LogP contribution in [0.2, 0.25) is 5.02 Å². The van der Waals surface area contributed by atoms with E-state index in [-0.39, 0.29) is 9.23 Å². The Hall–Kier alpha value is -0.370. The molecule has 2 aromatic rings. The van der Waals surface area contributed by atoms with Crippen LogP contribution in [0.15, 0.2) is 32.5 Å². The van der Waals surface area contributed by atoms with Crippen molar-refractivity contribution in [3.63, 3.8) is 0 Å². The van der Waals surface area contributed by atoms with Crippen LogP contribution in [0.4, 0.5) is 0 Å². The van der Waals surface area contributed by atoms with Crippen molar-refractivity contribution in [1.29, 1.82) is 0 Å². The van der Waals surface area contributed by atoms with Crippen molar-refractivity contribution >= 4 is 48.9 Å². The van der Waals surface area contributed by atoms with Gasteiger partial charge in [0.1, 0.15) is 4.21 Å². The van der Waals surface area contributed by atoms with Crippen LogP contribution in [0.3, 0.4) is 0 Å². The molecule has 2 heterocycles. The normalized spacial score (nSPS) is 11.9. The maximum atomic E-state index is 11.9. The van der Waals surface area contributed by atoms with Crippen molar-refractivity contribution in [2.75, 3.05) is 0 Å². The van der Waals surface area contributed by atoms with Crippen molar-refractivity contribution in [2.24, 2.45) is 0 Å². The number of rotatable bonds is 2. The Morgan fingerprint density at radius 1 is 1.47 bits per heavy atom. The highest BCUT2D eigenvalue weighted by molar-refractivity contribution is 9.11. The third kappa shape index (κ3) is 2.10. The maximum Gasteiger partial charge on any atom is 0.292 e. The molecule has 8 heteroatoms. The Bertz CT molecular complexity index is 543. The first-order valence-electron chi connectivity index (χ1n) is 3.71. The highest BCUT2D eigenvalue weighted by Gasteiger charge is 2.19. The SMILES string of the molecule is O=S(=O)(c1ccc(Br)s1)n1cc(Cl)cn1. The van der Waals surface area contributed by atoms with Gasteiger partial charge in [-0.25, -0.2) is 0 Å². The summed E-state index contributed by atoms with van der Waals surface area (Å²) in [6.07, 6.45) is 2.53. The first kappa shape index (κ1) is 11.1. The molecule has 0 fully saturated rings. The zero-order chi connectivity index (χ0) is 11.1. The molecule has 0 radical (unpaired) electrons. The first-order valence-corrected chi connectivity index (χ1v) is 7.14. The van der Waals surface area contributed by atoms with E-state index in [1.165, 1.54) is 18.5 Å². The Morgan fingerprint density at radius 3 is 2.67 bits per heavy atom. The van der Waals surface area contributed by atoms with Crippen LogP contribution in [-0.4, -0.2) is 17.6 Å². The third-order valence-electron chi connectivity index (χ3n) is 1.58. The van der Waals surface area contributed by atoms with Gasteiger partial charge in [0.2, 0.25) is 0 Å². The van der Waals surface area contributed by atoms with Crippen molar-refractivity contribution in [2.45, 2.75) is 4.21 Å². The second-order valence-electron chi connectivity index (χ2n) is 2.59. The molecule has 15 heavy (non-hydrogen) atoms. The molecule has 0 aliphatic rings. The lowest BCUT2D eigenvalue weighted by atomic mass is 10.7. The van der Waals surface area contributed by atoms with E-state index in [0.717, 1.165) is 19.2 Å². The van der Waals surface area contributed by atoms with E-state index in [1.807, 2.05) is 0 Å². The van der Waals surface area contributed by atoms with Gasteiger partial charge < -0.3 is 0 Å². The zero-order valence-electron chi connectivity index (χ0n) is 7.09. The molecule has 2 aromatic heterocycles. The first-order chi connectivity index (χ1) is 7.00. The standard InChI is InChI=1S/C7H4BrClN2O2S2/c8-6-1-2-7(14-6)15(12,13)11-4-5(9)3-10-11/h1-4H. The van der Waals surface area contributed by atoms with Gasteiger partial charge in [0.15, 0.2) is 0 Å². The largest absolute Gasteiger partial charge is 0.292 e. The molecule has 0 bridgehead atoms. The fourth-order valence-electron chi connectivity index (χ4n) is 0.944. The Kier molecular flexibility index (Phi) is 2.89. The van der Waals surface area contributed by atoms with Crippen LogP contribution < -0.4 is 0 Å². The minimum absolute atomic E-state index is 0.217. The van der Waals surface area contributed by atoms with Gasteiger partial charge >= 0.3 is 0 Å². The van der Waals surface area contributed by atoms with E-state index in [9.17, 15) is 8.42 Å². The molecule has 80 valence electrons. The summed E-state index contributed by atoms with van der Waals surface area (Å²) in [5.41, 5.74) is 0. The minimum Gasteiger partial charge on any atom is -0.198 e. The number of nitrogens with zero attached hydrogens (tertiary/aromatic N) is 2. The summed E-state index contributed by atoms with van der Waals surface area (Å²) < 4.78 is 25.6. The molecule has 0 N–H and O–H groups in total. The molecule has 0 aliphatic carbocycles. The quantitative estimate of drug-likeness (QED) is 0.852. The van der Waals surface area contributed by atoms with Gasteiger partial charge in [-0.05, 0) is 28.1 Å². The molecule has 0 spiro atoms. The summed E-state index contributed by atoms with van der Waals surface area (Å²) >= 11 is 9.93. The summed E-state index contributed by atoms with van der Waals surface area (Å²) in [4.78, 5) is 0. The Morgan fingerprint density at radius 2 is 2.20 bits per heavy atom. The van der Waals surface area contributed by atoms with Gasteiger partial charge in [-0.1, -0.05) is 11.6 Å². The van der Waals surface area contributed by atoms with Crippen LogP contribution in [0.1, 0.15) is 0 Å². The van der Waals surface area contributed by atoms with Gasteiger partial charge in [-0.3, -0.25) is 0 Å². The minimum atomic E-state index is -3.59. The maximum absolute atomic E-state index is 11.9. The monoisotopic (exact) mass is 326 g/mol. The summed E-state index contributed by atoms with van der Waals surface area (Å²) in [6.45, 7) is 0. The van der Waals surface area contributed by atoms with Crippen LogP contribution in [0.25, 0.3) is 0 Å². The predicted octanol–water partition coefficient (Wildman–Crippen LogP) is 2.60. The van der Waals surface area contributed by atoms with Gasteiger partial charge in [-0.15, -0.1) is 11.3 Å². The van der Waals surface area contributed by atoms with Gasteiger partial charge in [-0.2, -0.15) is 17.6 Å². The van der Waals surface area contributed by atoms with Crippen molar-refractivity contribution in [3.8, 4) is 0 Å². The van der Waals surface area contributed by atoms with Crippen LogP contribution in [0, 0.1) is 0 Å². The van der Waals surface area contributed by atoms with Gasteiger partial charge in [0, 0.05) is 0 Å². The van der Waals surface area contributed by atoms with E-state index < -0.39 is 10.0 Å². The second kappa shape index (κ2) is 3.89. The van der Waals surface area contributed by atoms with Gasteiger partial charge in [0.05, 0.1) is 21.2 Å². The smallest absolute Gasteiger partial charge is 0.198 e. The molecule has 0 amide bonds. The highest BCUT2D eigenvalue weighted by Crippen LogP contribution is 2.27. The number of hydrogen-bond acceptors (Lipinski definition) is 4. The molecular weight excluding hydrogens is 324 g/mol. The number of halogens is 2. The summed E-state index contributed by atoms with van der Waals surface area (Å²) in [5.74, 6) is 0. The summed E-state index contributed by atoms with van der Waals surface area (Å²) in [6, 6.07) is 3.18. The zero-order valence-corrected chi connectivity index (χ0v) is 11.1. The van der Waals surface area contributed by atoms with E-state index in [4.69, 9.17) is 11.6 Å². The van der Waals surface area contributed by atoms with E-state index >= 15 is 0 Å². The fourth-order valence-corrected chi connectivity index (χ4v) is 4.35. The Balaban J connectivity index is 2.53. The lowest BCUT2D eigenvalue weighted by Gasteiger charge is -1.99. The predicted molar refractivity (Wildman–Crippen MR) is 61.8 cm³/mol. The lowest BCUT2D eigenvalue weighted by Crippen LogP contribution is -2.11. The number of hydrogen-bond donors (Lipinski definition) is 0. The summed E-state index contributed by atoms with van der Waals surface area (Å²) in [5, 5.41) is 3.95. The van der Waals surface area contributed by atoms with Crippen molar-refractivity contribution in [1.82, 2.24) is 9.19 Å². The van der Waals surface area contributed by atoms with Crippen LogP contribution in [-0.2, 0) is 10.0 Å². The molecule has 0 atom stereocenters. The molecule has 0 saturated heterocycles. The number of thiophene rings is 1.